The number of benzene rings is 2. The first-order valence-electron chi connectivity index (χ1n) is 13.7. The molecule has 0 saturated carbocycles. The van der Waals surface area contributed by atoms with E-state index in [4.69, 9.17) is 14.2 Å². The Morgan fingerprint density at radius 1 is 1.10 bits per heavy atom. The van der Waals surface area contributed by atoms with E-state index in [1.54, 1.807) is 23.1 Å². The van der Waals surface area contributed by atoms with Crippen LogP contribution in [-0.2, 0) is 16.1 Å². The molecule has 0 aromatic heterocycles. The molecule has 4 bridgehead atoms. The van der Waals surface area contributed by atoms with Gasteiger partial charge in [0, 0.05) is 31.1 Å². The zero-order chi connectivity index (χ0) is 28.1. The number of aliphatic hydroxyl groups excluding tert-OH is 1. The summed E-state index contributed by atoms with van der Waals surface area (Å²) in [6, 6.07) is 11.7. The van der Waals surface area contributed by atoms with Crippen molar-refractivity contribution in [2.24, 2.45) is 5.92 Å². The lowest BCUT2D eigenvalue weighted by molar-refractivity contribution is -0.136. The first kappa shape index (κ1) is 27.7. The molecule has 4 heterocycles. The third kappa shape index (κ3) is 6.48. The fourth-order valence-corrected chi connectivity index (χ4v) is 5.45. The molecular weight excluding hydrogens is 516 g/mol. The fourth-order valence-electron chi connectivity index (χ4n) is 5.45. The molecule has 6 rings (SSSR count). The minimum atomic E-state index is -0.447. The molecule has 0 unspecified atom stereocenters. The van der Waals surface area contributed by atoms with Gasteiger partial charge in [-0.2, -0.15) is 0 Å². The molecule has 2 saturated heterocycles. The number of methoxy groups -OCH3 is 1. The Kier molecular flexibility index (Phi) is 8.71. The Bertz CT molecular complexity index is 1210. The van der Waals surface area contributed by atoms with Gasteiger partial charge in [0.2, 0.25) is 5.91 Å². The Morgan fingerprint density at radius 2 is 1.88 bits per heavy atom. The van der Waals surface area contributed by atoms with Gasteiger partial charge >= 0.3 is 0 Å². The number of hydrogen-bond donors (Lipinski definition) is 3. The predicted octanol–water partition coefficient (Wildman–Crippen LogP) is 0.796. The van der Waals surface area contributed by atoms with E-state index in [1.165, 1.54) is 7.11 Å². The summed E-state index contributed by atoms with van der Waals surface area (Å²) in [6.07, 6.45) is 1.03. The lowest BCUT2D eigenvalue weighted by atomic mass is 9.95. The molecule has 2 aromatic carbocycles. The van der Waals surface area contributed by atoms with Crippen molar-refractivity contribution in [2.45, 2.75) is 31.5 Å². The molecule has 4 aliphatic rings. The molecule has 2 fully saturated rings. The van der Waals surface area contributed by atoms with Crippen molar-refractivity contribution in [3.05, 3.63) is 53.6 Å². The van der Waals surface area contributed by atoms with Gasteiger partial charge in [0.15, 0.2) is 18.1 Å². The molecule has 11 nitrogen and oxygen atoms in total. The van der Waals surface area contributed by atoms with Crippen LogP contribution in [0.1, 0.15) is 28.8 Å². The van der Waals surface area contributed by atoms with Crippen molar-refractivity contribution in [1.82, 2.24) is 20.4 Å². The third-order valence-corrected chi connectivity index (χ3v) is 7.73. The van der Waals surface area contributed by atoms with Crippen molar-refractivity contribution >= 4 is 17.7 Å². The zero-order valence-corrected chi connectivity index (χ0v) is 22.6. The number of fused-ring (bicyclic) bond motifs is 7. The second kappa shape index (κ2) is 12.6. The van der Waals surface area contributed by atoms with E-state index >= 15 is 0 Å². The summed E-state index contributed by atoms with van der Waals surface area (Å²) < 4.78 is 17.4. The number of likely N-dealkylation sites (tertiary alicyclic amines) is 2. The summed E-state index contributed by atoms with van der Waals surface area (Å²) in [7, 11) is 1.49. The highest BCUT2D eigenvalue weighted by Gasteiger charge is 2.40. The maximum Gasteiger partial charge on any atom is 0.258 e. The van der Waals surface area contributed by atoms with Crippen LogP contribution in [0.2, 0.25) is 0 Å². The van der Waals surface area contributed by atoms with Crippen molar-refractivity contribution < 1.29 is 33.7 Å². The largest absolute Gasteiger partial charge is 0.493 e. The first-order chi connectivity index (χ1) is 19.4. The van der Waals surface area contributed by atoms with Gasteiger partial charge in [0.05, 0.1) is 26.3 Å². The monoisotopic (exact) mass is 552 g/mol. The van der Waals surface area contributed by atoms with E-state index in [0.29, 0.717) is 43.2 Å². The second-order valence-electron chi connectivity index (χ2n) is 10.4. The highest BCUT2D eigenvalue weighted by Crippen LogP contribution is 2.29. The Morgan fingerprint density at radius 3 is 2.60 bits per heavy atom. The molecule has 2 atom stereocenters. The van der Waals surface area contributed by atoms with Gasteiger partial charge < -0.3 is 39.8 Å². The maximum absolute atomic E-state index is 13.5. The van der Waals surface area contributed by atoms with E-state index in [0.717, 1.165) is 31.5 Å². The van der Waals surface area contributed by atoms with E-state index in [9.17, 15) is 19.5 Å². The fraction of sp³-hybridized carbons (Fsp3) is 0.483. The van der Waals surface area contributed by atoms with Crippen LogP contribution >= 0.6 is 0 Å². The predicted molar refractivity (Wildman–Crippen MR) is 145 cm³/mol. The number of aliphatic hydroxyl groups is 1. The van der Waals surface area contributed by atoms with Crippen LogP contribution in [-0.4, -0.2) is 97.8 Å². The number of hydrogen-bond acceptors (Lipinski definition) is 8. The molecule has 214 valence electrons. The highest BCUT2D eigenvalue weighted by atomic mass is 16.5. The molecule has 3 amide bonds. The minimum absolute atomic E-state index is 0.0716. The first-order valence-corrected chi connectivity index (χ1v) is 13.7. The van der Waals surface area contributed by atoms with Crippen LogP contribution in [0.3, 0.4) is 0 Å². The topological polar surface area (TPSA) is 130 Å². The lowest BCUT2D eigenvalue weighted by Gasteiger charge is -2.32. The number of carbonyl (C=O) groups is 3. The van der Waals surface area contributed by atoms with E-state index in [-0.39, 0.29) is 42.6 Å². The average Bonchev–Trinajstić information content (AvgIpc) is 3.37. The zero-order valence-electron chi connectivity index (χ0n) is 22.6. The Balaban J connectivity index is 1.37. The molecular formula is C29H36N4O7. The molecule has 2 aromatic rings. The van der Waals surface area contributed by atoms with E-state index < -0.39 is 12.1 Å². The van der Waals surface area contributed by atoms with Gasteiger partial charge in [-0.3, -0.25) is 14.4 Å². The molecule has 3 N–H and O–H groups in total. The summed E-state index contributed by atoms with van der Waals surface area (Å²) >= 11 is 0. The molecule has 40 heavy (non-hydrogen) atoms. The maximum atomic E-state index is 13.5. The third-order valence-electron chi connectivity index (χ3n) is 7.73. The van der Waals surface area contributed by atoms with Crippen LogP contribution in [0.15, 0.2) is 42.5 Å². The number of piperidine rings is 1. The summed E-state index contributed by atoms with van der Waals surface area (Å²) in [4.78, 5) is 43.2. The number of amides is 3. The quantitative estimate of drug-likeness (QED) is 0.508. The van der Waals surface area contributed by atoms with Gasteiger partial charge in [-0.1, -0.05) is 12.1 Å². The SMILES string of the molecule is COc1ccc2cc1OCC(=O)NCc1ccc(cc1)O[C@H]1CN(C(=O)C3CCN(CCO)CC3)C[C@@H]1NC2=O. The van der Waals surface area contributed by atoms with Gasteiger partial charge in [0.25, 0.3) is 11.8 Å². The number of nitrogens with zero attached hydrogens (tertiary/aromatic N) is 2. The Labute approximate surface area is 233 Å². The van der Waals surface area contributed by atoms with Crippen LogP contribution in [0.5, 0.6) is 17.2 Å². The van der Waals surface area contributed by atoms with Gasteiger partial charge in [-0.05, 0) is 61.8 Å². The number of rotatable bonds is 4. The lowest BCUT2D eigenvalue weighted by Crippen LogP contribution is -2.45. The number of carbonyl (C=O) groups excluding carboxylic acids is 3. The molecule has 0 radical (unpaired) electrons. The highest BCUT2D eigenvalue weighted by molar-refractivity contribution is 5.95. The van der Waals surface area contributed by atoms with Crippen molar-refractivity contribution in [1.29, 1.82) is 0 Å². The number of β-amino-alcohol motifs (C(OH)–C–C–N with tert-alkyl or cyclic N) is 1. The average molecular weight is 553 g/mol. The van der Waals surface area contributed by atoms with Crippen molar-refractivity contribution in [3.8, 4) is 17.2 Å². The van der Waals surface area contributed by atoms with Crippen molar-refractivity contribution in [2.75, 3.05) is 53.0 Å². The number of ether oxygens (including phenoxy) is 3. The van der Waals surface area contributed by atoms with Gasteiger partial charge in [-0.25, -0.2) is 0 Å². The van der Waals surface area contributed by atoms with Crippen molar-refractivity contribution in [3.63, 3.8) is 0 Å². The minimum Gasteiger partial charge on any atom is -0.493 e. The standard InChI is InChI=1S/C29H36N4O7/c1-38-24-7-4-21-14-25(24)39-18-27(35)30-15-19-2-5-22(6-3-19)40-26-17-33(16-23(26)31-28(21)36)29(37)20-8-10-32(11-9-20)12-13-34/h2-7,14,20,23,26,34H,8-13,15-18H2,1H3,(H,30,35)(H,31,36)/t23-,26-/m0/s1. The summed E-state index contributed by atoms with van der Waals surface area (Å²) in [5.41, 5.74) is 1.23. The van der Waals surface area contributed by atoms with Crippen LogP contribution in [0, 0.1) is 5.92 Å². The molecule has 4 aliphatic heterocycles. The molecule has 0 spiro atoms. The van der Waals surface area contributed by atoms with Gasteiger partial charge in [0.1, 0.15) is 11.9 Å². The summed E-state index contributed by atoms with van der Waals surface area (Å²) in [5, 5.41) is 15.1. The van der Waals surface area contributed by atoms with Crippen LogP contribution in [0.25, 0.3) is 0 Å². The van der Waals surface area contributed by atoms with E-state index in [2.05, 4.69) is 15.5 Å². The number of nitrogens with one attached hydrogen (secondary N) is 2. The van der Waals surface area contributed by atoms with Crippen LogP contribution < -0.4 is 24.8 Å². The smallest absolute Gasteiger partial charge is 0.258 e. The normalized spacial score (nSPS) is 22.4. The van der Waals surface area contributed by atoms with Crippen LogP contribution in [0.4, 0.5) is 0 Å². The summed E-state index contributed by atoms with van der Waals surface area (Å²) in [6.45, 7) is 3.08. The van der Waals surface area contributed by atoms with Gasteiger partial charge in [-0.15, -0.1) is 0 Å². The summed E-state index contributed by atoms with van der Waals surface area (Å²) in [5.74, 6) is 0.629. The molecule has 11 heteroatoms. The Hall–Kier alpha value is -3.83. The molecule has 0 aliphatic carbocycles. The van der Waals surface area contributed by atoms with E-state index in [1.807, 2.05) is 24.3 Å². The second-order valence-corrected chi connectivity index (χ2v) is 10.4.